The molecule has 0 aliphatic heterocycles. The molecule has 3 aromatic rings. The number of nitrogens with one attached hydrogen (secondary N) is 4. The Morgan fingerprint density at radius 1 is 1.00 bits per heavy atom. The highest BCUT2D eigenvalue weighted by molar-refractivity contribution is 7.46. The number of hydrogen-bond acceptors (Lipinski definition) is 9. The van der Waals surface area contributed by atoms with E-state index in [4.69, 9.17) is 24.7 Å². The molecule has 3 rings (SSSR count). The summed E-state index contributed by atoms with van der Waals surface area (Å²) in [6, 6.07) is 9.95. The molecule has 0 bridgehead atoms. The monoisotopic (exact) mass is 670 g/mol. The molecule has 250 valence electrons. The zero-order valence-electron chi connectivity index (χ0n) is 26.0. The van der Waals surface area contributed by atoms with Crippen LogP contribution in [0, 0.1) is 19.3 Å². The first-order valence-corrected chi connectivity index (χ1v) is 15.7. The second-order valence-electron chi connectivity index (χ2n) is 9.79. The molecule has 0 atom stereocenters. The molecule has 0 aliphatic rings. The van der Waals surface area contributed by atoms with E-state index in [1.54, 1.807) is 39.8 Å². The number of phosphoric acid groups is 1. The maximum absolute atomic E-state index is 13.7. The number of aromatic amines is 1. The standard InChI is InChI=1S/C30H35N6O10P/c1-5-32-28(38)21-10-7-18(3)24(14-21)36(27(35-16-31)26-19(4)23(15-34-26)29(39)33-6-2)30(40)45-17-44-25(37)13-20-8-11-22(12-9-20)46-47(41,42)43/h7-12,14-16,31,34H,5-6,13,17H2,1-4H3,(H,32,38)(H,33,39)(H2,41,42,43). The Bertz CT molecular complexity index is 1710. The summed E-state index contributed by atoms with van der Waals surface area (Å²) in [5, 5.41) is 13.1. The SMILES string of the molecule is CCNC(=O)c1ccc(C)c(N(C(=O)OCOC(=O)Cc2ccc(OP(=O)(O)O)cc2)C(=NC=N)c2[nH]cc(C(=O)NCC)c2C)c1. The smallest absolute Gasteiger partial charge is 0.428 e. The van der Waals surface area contributed by atoms with E-state index in [1.807, 2.05) is 0 Å². The summed E-state index contributed by atoms with van der Waals surface area (Å²) in [6.07, 6.45) is 0.780. The molecule has 2 aromatic carbocycles. The number of carbonyl (C=O) groups is 4. The van der Waals surface area contributed by atoms with Crippen molar-refractivity contribution in [2.45, 2.75) is 34.1 Å². The lowest BCUT2D eigenvalue weighted by molar-refractivity contribution is -0.150. The number of rotatable bonds is 13. The number of anilines is 1. The number of carbonyl (C=O) groups excluding carboxylic acids is 4. The number of amides is 3. The van der Waals surface area contributed by atoms with Crippen molar-refractivity contribution in [2.75, 3.05) is 24.8 Å². The number of aromatic nitrogens is 1. The second-order valence-corrected chi connectivity index (χ2v) is 11.0. The van der Waals surface area contributed by atoms with E-state index in [1.165, 1.54) is 36.5 Å². The van der Waals surface area contributed by atoms with Crippen LogP contribution in [0.2, 0.25) is 0 Å². The van der Waals surface area contributed by atoms with Crippen molar-refractivity contribution < 1.29 is 47.5 Å². The summed E-state index contributed by atoms with van der Waals surface area (Å²) in [6.45, 7) is 6.73. The summed E-state index contributed by atoms with van der Waals surface area (Å²) in [4.78, 5) is 77.4. The summed E-state index contributed by atoms with van der Waals surface area (Å²) < 4.78 is 25.9. The van der Waals surface area contributed by atoms with Gasteiger partial charge in [0.05, 0.1) is 23.4 Å². The van der Waals surface area contributed by atoms with Crippen LogP contribution in [0.15, 0.2) is 53.7 Å². The molecule has 47 heavy (non-hydrogen) atoms. The Labute approximate surface area is 269 Å². The van der Waals surface area contributed by atoms with Gasteiger partial charge in [0.1, 0.15) is 12.1 Å². The highest BCUT2D eigenvalue weighted by Gasteiger charge is 2.30. The van der Waals surface area contributed by atoms with Gasteiger partial charge in [-0.05, 0) is 68.7 Å². The van der Waals surface area contributed by atoms with Crippen LogP contribution in [0.5, 0.6) is 5.75 Å². The number of amidine groups is 1. The molecule has 0 saturated heterocycles. The maximum atomic E-state index is 13.7. The van der Waals surface area contributed by atoms with Crippen molar-refractivity contribution in [3.63, 3.8) is 0 Å². The third-order valence-corrected chi connectivity index (χ3v) is 6.92. The van der Waals surface area contributed by atoms with Gasteiger partial charge < -0.3 is 29.6 Å². The van der Waals surface area contributed by atoms with E-state index in [2.05, 4.69) is 25.1 Å². The number of nitrogens with zero attached hydrogens (tertiary/aromatic N) is 2. The Morgan fingerprint density at radius 2 is 1.66 bits per heavy atom. The minimum atomic E-state index is -4.74. The lowest BCUT2D eigenvalue weighted by atomic mass is 10.1. The number of esters is 1. The van der Waals surface area contributed by atoms with Crippen LogP contribution in [0.4, 0.5) is 10.5 Å². The van der Waals surface area contributed by atoms with Gasteiger partial charge in [-0.15, -0.1) is 0 Å². The van der Waals surface area contributed by atoms with Gasteiger partial charge in [0.25, 0.3) is 11.8 Å². The van der Waals surface area contributed by atoms with E-state index >= 15 is 0 Å². The molecule has 0 radical (unpaired) electrons. The van der Waals surface area contributed by atoms with Crippen LogP contribution in [-0.4, -0.2) is 70.7 Å². The van der Waals surface area contributed by atoms with Crippen molar-refractivity contribution in [1.82, 2.24) is 15.6 Å². The van der Waals surface area contributed by atoms with Crippen molar-refractivity contribution in [1.29, 1.82) is 5.41 Å². The Balaban J connectivity index is 1.91. The topological polar surface area (TPSA) is 233 Å². The number of phosphoric ester groups is 1. The second kappa shape index (κ2) is 16.3. The largest absolute Gasteiger partial charge is 0.524 e. The summed E-state index contributed by atoms with van der Waals surface area (Å²) >= 11 is 0. The molecule has 1 aromatic heterocycles. The Kier molecular flexibility index (Phi) is 12.5. The van der Waals surface area contributed by atoms with E-state index in [9.17, 15) is 23.7 Å². The van der Waals surface area contributed by atoms with Gasteiger partial charge in [-0.2, -0.15) is 0 Å². The fourth-order valence-corrected chi connectivity index (χ4v) is 4.70. The third kappa shape index (κ3) is 9.84. The first-order chi connectivity index (χ1) is 22.3. The van der Waals surface area contributed by atoms with Gasteiger partial charge in [-0.1, -0.05) is 18.2 Å². The summed E-state index contributed by atoms with van der Waals surface area (Å²) in [7, 11) is -4.74. The van der Waals surface area contributed by atoms with Gasteiger partial charge in [0, 0.05) is 24.8 Å². The average Bonchev–Trinajstić information content (AvgIpc) is 3.39. The molecular formula is C30H35N6O10P. The highest BCUT2D eigenvalue weighted by Crippen LogP contribution is 2.37. The summed E-state index contributed by atoms with van der Waals surface area (Å²) in [5.74, 6) is -1.81. The molecular weight excluding hydrogens is 635 g/mol. The van der Waals surface area contributed by atoms with Crippen LogP contribution in [0.3, 0.4) is 0 Å². The van der Waals surface area contributed by atoms with Crippen molar-refractivity contribution in [3.8, 4) is 5.75 Å². The van der Waals surface area contributed by atoms with Crippen LogP contribution >= 0.6 is 7.82 Å². The maximum Gasteiger partial charge on any atom is 0.524 e. The lowest BCUT2D eigenvalue weighted by Crippen LogP contribution is -2.40. The lowest BCUT2D eigenvalue weighted by Gasteiger charge is -2.25. The Hall–Kier alpha value is -5.31. The average molecular weight is 671 g/mol. The van der Waals surface area contributed by atoms with Crippen molar-refractivity contribution in [3.05, 3.63) is 82.2 Å². The number of aliphatic imine (C=N–C) groups is 1. The number of ether oxygens (including phenoxy) is 2. The van der Waals surface area contributed by atoms with Gasteiger partial charge in [0.15, 0.2) is 5.84 Å². The molecule has 6 N–H and O–H groups in total. The predicted molar refractivity (Wildman–Crippen MR) is 171 cm³/mol. The molecule has 0 saturated carbocycles. The van der Waals surface area contributed by atoms with Crippen molar-refractivity contribution in [2.24, 2.45) is 4.99 Å². The minimum Gasteiger partial charge on any atom is -0.428 e. The zero-order valence-corrected chi connectivity index (χ0v) is 26.9. The van der Waals surface area contributed by atoms with Crippen LogP contribution in [0.25, 0.3) is 0 Å². The number of H-pyrrole nitrogens is 1. The fraction of sp³-hybridized carbons (Fsp3) is 0.267. The number of hydrogen-bond donors (Lipinski definition) is 6. The van der Waals surface area contributed by atoms with E-state index in [-0.39, 0.29) is 46.4 Å². The van der Waals surface area contributed by atoms with E-state index in [0.29, 0.717) is 36.1 Å². The van der Waals surface area contributed by atoms with Gasteiger partial charge in [-0.3, -0.25) is 29.6 Å². The normalized spacial score (nSPS) is 11.3. The van der Waals surface area contributed by atoms with Gasteiger partial charge >= 0.3 is 19.9 Å². The molecule has 16 nitrogen and oxygen atoms in total. The molecule has 0 aliphatic carbocycles. The van der Waals surface area contributed by atoms with Crippen molar-refractivity contribution >= 4 is 49.6 Å². The fourth-order valence-electron chi connectivity index (χ4n) is 4.30. The summed E-state index contributed by atoms with van der Waals surface area (Å²) in [5.41, 5.74) is 2.21. The van der Waals surface area contributed by atoms with Gasteiger partial charge in [-0.25, -0.2) is 19.3 Å². The zero-order chi connectivity index (χ0) is 34.7. The van der Waals surface area contributed by atoms with Crippen LogP contribution in [-0.2, 0) is 25.3 Å². The first-order valence-electron chi connectivity index (χ1n) is 14.2. The van der Waals surface area contributed by atoms with Crippen LogP contribution in [0.1, 0.15) is 56.9 Å². The predicted octanol–water partition coefficient (Wildman–Crippen LogP) is 3.34. The highest BCUT2D eigenvalue weighted by atomic mass is 31.2. The molecule has 1 heterocycles. The first kappa shape index (κ1) is 36.2. The molecule has 0 spiro atoms. The number of benzene rings is 2. The number of aryl methyl sites for hydroxylation is 1. The molecule has 17 heteroatoms. The molecule has 3 amide bonds. The van der Waals surface area contributed by atoms with E-state index in [0.717, 1.165) is 4.90 Å². The van der Waals surface area contributed by atoms with Crippen LogP contribution < -0.4 is 20.1 Å². The quantitative estimate of drug-likeness (QED) is 0.0510. The minimum absolute atomic E-state index is 0.103. The Morgan fingerprint density at radius 3 is 2.28 bits per heavy atom. The molecule has 0 unspecified atom stereocenters. The molecule has 0 fully saturated rings. The van der Waals surface area contributed by atoms with Gasteiger partial charge in [0.2, 0.25) is 6.79 Å². The third-order valence-electron chi connectivity index (χ3n) is 6.47. The van der Waals surface area contributed by atoms with E-state index < -0.39 is 32.6 Å².